The Morgan fingerprint density at radius 3 is 2.91 bits per heavy atom. The molecule has 6 nitrogen and oxygen atoms in total. The van der Waals surface area contributed by atoms with Crippen LogP contribution in [0.25, 0.3) is 27.9 Å². The van der Waals surface area contributed by atoms with Gasteiger partial charge < -0.3 is 4.57 Å². The lowest BCUT2D eigenvalue weighted by Crippen LogP contribution is -1.85. The Bertz CT molecular complexity index is 1030. The van der Waals surface area contributed by atoms with E-state index in [1.165, 1.54) is 0 Å². The van der Waals surface area contributed by atoms with Gasteiger partial charge in [0.15, 0.2) is 0 Å². The Morgan fingerprint density at radius 1 is 1.23 bits per heavy atom. The summed E-state index contributed by atoms with van der Waals surface area (Å²) in [4.78, 5) is 20.3. The van der Waals surface area contributed by atoms with E-state index in [0.717, 1.165) is 27.8 Å². The zero-order valence-corrected chi connectivity index (χ0v) is 12.2. The quantitative estimate of drug-likeness (QED) is 0.530. The van der Waals surface area contributed by atoms with Crippen LogP contribution < -0.4 is 0 Å². The van der Waals surface area contributed by atoms with Crippen molar-refractivity contribution in [1.82, 2.24) is 18.9 Å². The molecule has 108 valence electrons. The molecule has 0 aliphatic heterocycles. The van der Waals surface area contributed by atoms with E-state index in [2.05, 4.69) is 15.1 Å². The van der Waals surface area contributed by atoms with Gasteiger partial charge in [0.2, 0.25) is 5.82 Å². The molecule has 0 unspecified atom stereocenters. The van der Waals surface area contributed by atoms with Gasteiger partial charge in [-0.3, -0.25) is 4.40 Å². The first-order valence-corrected chi connectivity index (χ1v) is 6.91. The molecular formula is C16H13N5O. The molecule has 0 spiro atoms. The van der Waals surface area contributed by atoms with Crippen LogP contribution in [-0.2, 0) is 7.05 Å². The summed E-state index contributed by atoms with van der Waals surface area (Å²) in [6, 6.07) is 9.69. The Kier molecular flexibility index (Phi) is 2.59. The first kappa shape index (κ1) is 12.7. The van der Waals surface area contributed by atoms with Crippen LogP contribution in [0.2, 0.25) is 0 Å². The van der Waals surface area contributed by atoms with Gasteiger partial charge in [0, 0.05) is 18.8 Å². The van der Waals surface area contributed by atoms with Gasteiger partial charge in [0.1, 0.15) is 11.3 Å². The lowest BCUT2D eigenvalue weighted by molar-refractivity contribution is 0.948. The molecule has 4 aromatic rings. The van der Waals surface area contributed by atoms with E-state index in [1.807, 2.05) is 48.9 Å². The number of rotatable bonds is 2. The van der Waals surface area contributed by atoms with Crippen molar-refractivity contribution in [3.8, 4) is 11.3 Å². The monoisotopic (exact) mass is 291 g/mol. The molecule has 0 aliphatic rings. The second-order valence-electron chi connectivity index (χ2n) is 5.32. The van der Waals surface area contributed by atoms with Crippen LogP contribution in [0.3, 0.4) is 0 Å². The number of fused-ring (bicyclic) bond motifs is 2. The lowest BCUT2D eigenvalue weighted by Gasteiger charge is -1.99. The summed E-state index contributed by atoms with van der Waals surface area (Å²) in [5.41, 5.74) is 5.06. The van der Waals surface area contributed by atoms with Crippen LogP contribution in [0.1, 0.15) is 5.56 Å². The molecule has 0 N–H and O–H groups in total. The first-order valence-electron chi connectivity index (χ1n) is 6.91. The number of hydrogen-bond donors (Lipinski definition) is 0. The van der Waals surface area contributed by atoms with Crippen molar-refractivity contribution >= 4 is 22.5 Å². The van der Waals surface area contributed by atoms with E-state index in [0.29, 0.717) is 11.5 Å². The highest BCUT2D eigenvalue weighted by atomic mass is 16.3. The van der Waals surface area contributed by atoms with E-state index in [-0.39, 0.29) is 0 Å². The minimum atomic E-state index is 0.314. The molecule has 0 saturated carbocycles. The second kappa shape index (κ2) is 4.49. The summed E-state index contributed by atoms with van der Waals surface area (Å²) in [5, 5.41) is 3.19. The molecule has 0 bridgehead atoms. The molecular weight excluding hydrogens is 278 g/mol. The van der Waals surface area contributed by atoms with Crippen molar-refractivity contribution in [3.63, 3.8) is 0 Å². The summed E-state index contributed by atoms with van der Waals surface area (Å²) in [6.45, 7) is 1.96. The fraction of sp³-hybridized carbons (Fsp3) is 0.125. The van der Waals surface area contributed by atoms with Gasteiger partial charge in [-0.15, -0.1) is 4.91 Å². The van der Waals surface area contributed by atoms with Crippen molar-refractivity contribution in [2.75, 3.05) is 0 Å². The number of nitrogens with zero attached hydrogens (tertiary/aromatic N) is 5. The average Bonchev–Trinajstić information content (AvgIpc) is 3.09. The number of nitroso groups, excluding NO2 is 1. The van der Waals surface area contributed by atoms with Crippen molar-refractivity contribution in [1.29, 1.82) is 0 Å². The highest BCUT2D eigenvalue weighted by molar-refractivity contribution is 5.84. The summed E-state index contributed by atoms with van der Waals surface area (Å²) in [5.74, 6) is 0.314. The van der Waals surface area contributed by atoms with Crippen molar-refractivity contribution in [2.45, 2.75) is 6.92 Å². The molecule has 6 heteroatoms. The average molecular weight is 291 g/mol. The van der Waals surface area contributed by atoms with Gasteiger partial charge in [-0.05, 0) is 35.9 Å². The van der Waals surface area contributed by atoms with Crippen LogP contribution >= 0.6 is 0 Å². The smallest absolute Gasteiger partial charge is 0.209 e. The number of imidazole rings is 2. The summed E-state index contributed by atoms with van der Waals surface area (Å²) in [6.07, 6.45) is 3.57. The normalized spacial score (nSPS) is 11.4. The molecule has 22 heavy (non-hydrogen) atoms. The summed E-state index contributed by atoms with van der Waals surface area (Å²) in [7, 11) is 1.95. The van der Waals surface area contributed by atoms with Gasteiger partial charge in [-0.1, -0.05) is 12.1 Å². The zero-order valence-electron chi connectivity index (χ0n) is 12.2. The lowest BCUT2D eigenvalue weighted by atomic mass is 10.1. The summed E-state index contributed by atoms with van der Waals surface area (Å²) < 4.78 is 3.67. The van der Waals surface area contributed by atoms with E-state index in [4.69, 9.17) is 0 Å². The van der Waals surface area contributed by atoms with E-state index < -0.39 is 0 Å². The molecule has 0 atom stereocenters. The van der Waals surface area contributed by atoms with E-state index >= 15 is 0 Å². The van der Waals surface area contributed by atoms with E-state index in [1.54, 1.807) is 16.9 Å². The Labute approximate surface area is 126 Å². The molecule has 0 aliphatic carbocycles. The number of aryl methyl sites for hydroxylation is 2. The highest BCUT2D eigenvalue weighted by Crippen LogP contribution is 2.33. The Hall–Kier alpha value is -3.02. The minimum Gasteiger partial charge on any atom is -0.334 e. The third-order valence-corrected chi connectivity index (χ3v) is 3.91. The standard InChI is InChI=1S/C16H13N5O/c1-10-4-3-7-21-15(10)18-14(16(21)19-22)11-5-6-13-12(8-11)17-9-20(13)2/h3-9H,1-2H3. The van der Waals surface area contributed by atoms with Crippen LogP contribution in [0, 0.1) is 11.8 Å². The van der Waals surface area contributed by atoms with Gasteiger partial charge in [0.25, 0.3) is 0 Å². The second-order valence-corrected chi connectivity index (χ2v) is 5.32. The van der Waals surface area contributed by atoms with Crippen LogP contribution in [0.4, 0.5) is 5.82 Å². The highest BCUT2D eigenvalue weighted by Gasteiger charge is 2.16. The van der Waals surface area contributed by atoms with E-state index in [9.17, 15) is 4.91 Å². The van der Waals surface area contributed by atoms with Crippen molar-refractivity contribution < 1.29 is 0 Å². The first-order chi connectivity index (χ1) is 10.7. The predicted octanol–water partition coefficient (Wildman–Crippen LogP) is 3.59. The largest absolute Gasteiger partial charge is 0.334 e. The molecule has 0 saturated heterocycles. The van der Waals surface area contributed by atoms with Gasteiger partial charge >= 0.3 is 0 Å². The number of benzene rings is 1. The molecule has 0 radical (unpaired) electrons. The maximum Gasteiger partial charge on any atom is 0.209 e. The number of pyridine rings is 1. The number of aromatic nitrogens is 4. The third-order valence-electron chi connectivity index (χ3n) is 3.91. The molecule has 3 aromatic heterocycles. The summed E-state index contributed by atoms with van der Waals surface area (Å²) >= 11 is 0. The van der Waals surface area contributed by atoms with Crippen LogP contribution in [0.5, 0.6) is 0 Å². The molecule has 0 amide bonds. The fourth-order valence-electron chi connectivity index (χ4n) is 2.76. The maximum atomic E-state index is 11.3. The third kappa shape index (κ3) is 1.67. The van der Waals surface area contributed by atoms with Gasteiger partial charge in [-0.25, -0.2) is 9.97 Å². The molecule has 3 heterocycles. The van der Waals surface area contributed by atoms with Crippen molar-refractivity contribution in [3.05, 3.63) is 53.3 Å². The molecule has 1 aromatic carbocycles. The Morgan fingerprint density at radius 2 is 2.09 bits per heavy atom. The van der Waals surface area contributed by atoms with Crippen LogP contribution in [-0.4, -0.2) is 18.9 Å². The Balaban J connectivity index is 2.02. The minimum absolute atomic E-state index is 0.314. The topological polar surface area (TPSA) is 64.6 Å². The number of hydrogen-bond acceptors (Lipinski definition) is 4. The maximum absolute atomic E-state index is 11.3. The molecule has 0 fully saturated rings. The zero-order chi connectivity index (χ0) is 15.3. The fourth-order valence-corrected chi connectivity index (χ4v) is 2.76. The van der Waals surface area contributed by atoms with Gasteiger partial charge in [0.05, 0.1) is 17.4 Å². The van der Waals surface area contributed by atoms with Crippen molar-refractivity contribution in [2.24, 2.45) is 12.2 Å². The SMILES string of the molecule is Cc1cccn2c(N=O)c(-c3ccc4c(c3)ncn4C)nc12. The molecule has 4 rings (SSSR count). The predicted molar refractivity (Wildman–Crippen MR) is 85.1 cm³/mol. The van der Waals surface area contributed by atoms with Gasteiger partial charge in [-0.2, -0.15) is 0 Å². The van der Waals surface area contributed by atoms with Crippen LogP contribution in [0.15, 0.2) is 48.0 Å².